The summed E-state index contributed by atoms with van der Waals surface area (Å²) in [5.41, 5.74) is 0.216. The van der Waals surface area contributed by atoms with Gasteiger partial charge in [-0.3, -0.25) is 0 Å². The van der Waals surface area contributed by atoms with Crippen molar-refractivity contribution in [2.45, 2.75) is 50.7 Å². The first-order valence-electron chi connectivity index (χ1n) is 7.11. The lowest BCUT2D eigenvalue weighted by atomic mass is 9.75. The van der Waals surface area contributed by atoms with Crippen molar-refractivity contribution in [2.24, 2.45) is 5.92 Å². The number of aliphatic hydroxyl groups is 1. The summed E-state index contributed by atoms with van der Waals surface area (Å²) in [5, 5.41) is 14.3. The summed E-state index contributed by atoms with van der Waals surface area (Å²) >= 11 is 0. The van der Waals surface area contributed by atoms with Gasteiger partial charge < -0.3 is 10.4 Å². The van der Waals surface area contributed by atoms with E-state index in [1.165, 1.54) is 32.1 Å². The van der Waals surface area contributed by atoms with Crippen LogP contribution in [-0.2, 0) is 5.60 Å². The Kier molecular flexibility index (Phi) is 4.41. The first kappa shape index (κ1) is 13.6. The third-order valence-corrected chi connectivity index (χ3v) is 4.40. The number of nitrogens with one attached hydrogen (secondary N) is 1. The normalized spacial score (nSPS) is 22.4. The highest BCUT2D eigenvalue weighted by molar-refractivity contribution is 5.24. The summed E-state index contributed by atoms with van der Waals surface area (Å²) in [5.74, 6) is 0.582. The van der Waals surface area contributed by atoms with E-state index in [0.29, 0.717) is 5.92 Å². The largest absolute Gasteiger partial charge is 0.384 e. The molecule has 0 bridgehead atoms. The number of rotatable bonds is 4. The van der Waals surface area contributed by atoms with Crippen LogP contribution in [0, 0.1) is 5.92 Å². The van der Waals surface area contributed by atoms with Gasteiger partial charge >= 0.3 is 0 Å². The van der Waals surface area contributed by atoms with Crippen LogP contribution in [0.3, 0.4) is 0 Å². The fraction of sp³-hybridized carbons (Fsp3) is 0.625. The average Bonchev–Trinajstić information content (AvgIpc) is 2.41. The molecule has 0 aliphatic heterocycles. The fourth-order valence-electron chi connectivity index (χ4n) is 3.40. The predicted molar refractivity (Wildman–Crippen MR) is 75.4 cm³/mol. The van der Waals surface area contributed by atoms with Gasteiger partial charge in [-0.05, 0) is 38.3 Å². The third kappa shape index (κ3) is 2.76. The highest BCUT2D eigenvalue weighted by Crippen LogP contribution is 2.35. The fourth-order valence-corrected chi connectivity index (χ4v) is 3.40. The number of likely N-dealkylation sites (N-methyl/N-ethyl adjacent to an activating group) is 1. The molecule has 1 aliphatic rings. The van der Waals surface area contributed by atoms with Crippen LogP contribution < -0.4 is 5.32 Å². The summed E-state index contributed by atoms with van der Waals surface area (Å²) in [6.45, 7) is 1.94. The van der Waals surface area contributed by atoms with Crippen LogP contribution in [0.5, 0.6) is 0 Å². The molecule has 100 valence electrons. The van der Waals surface area contributed by atoms with Gasteiger partial charge in [-0.15, -0.1) is 0 Å². The van der Waals surface area contributed by atoms with Gasteiger partial charge in [0.05, 0.1) is 0 Å². The zero-order chi connectivity index (χ0) is 13.0. The zero-order valence-corrected chi connectivity index (χ0v) is 11.5. The zero-order valence-electron chi connectivity index (χ0n) is 11.5. The van der Waals surface area contributed by atoms with Gasteiger partial charge in [0.15, 0.2) is 0 Å². The molecule has 0 heterocycles. The van der Waals surface area contributed by atoms with E-state index < -0.39 is 5.60 Å². The summed E-state index contributed by atoms with van der Waals surface area (Å²) in [7, 11) is 1.97. The van der Waals surface area contributed by atoms with Gasteiger partial charge in [0.25, 0.3) is 0 Å². The highest BCUT2D eigenvalue weighted by Gasteiger charge is 2.38. The Bertz CT molecular complexity index is 355. The van der Waals surface area contributed by atoms with E-state index in [9.17, 15) is 5.11 Å². The van der Waals surface area contributed by atoms with E-state index in [2.05, 4.69) is 5.32 Å². The molecule has 0 radical (unpaired) electrons. The molecule has 0 aromatic heterocycles. The quantitative estimate of drug-likeness (QED) is 0.857. The minimum Gasteiger partial charge on any atom is -0.384 e. The molecular formula is C16H25NO. The van der Waals surface area contributed by atoms with E-state index in [4.69, 9.17) is 0 Å². The van der Waals surface area contributed by atoms with Gasteiger partial charge in [0, 0.05) is 6.04 Å². The topological polar surface area (TPSA) is 32.3 Å². The third-order valence-electron chi connectivity index (χ3n) is 4.40. The van der Waals surface area contributed by atoms with Crippen molar-refractivity contribution in [2.75, 3.05) is 7.05 Å². The highest BCUT2D eigenvalue weighted by atomic mass is 16.3. The van der Waals surface area contributed by atoms with Crippen molar-refractivity contribution in [3.63, 3.8) is 0 Å². The minimum absolute atomic E-state index is 0.139. The number of hydrogen-bond donors (Lipinski definition) is 2. The molecule has 2 unspecified atom stereocenters. The molecule has 0 amide bonds. The molecule has 2 rings (SSSR count). The Morgan fingerprint density at radius 3 is 2.33 bits per heavy atom. The molecule has 2 heteroatoms. The first-order valence-corrected chi connectivity index (χ1v) is 7.11. The number of benzene rings is 1. The SMILES string of the molecule is CNC(C1CCCCC1)C(C)(O)c1ccccc1. The average molecular weight is 247 g/mol. The molecule has 0 spiro atoms. The van der Waals surface area contributed by atoms with Gasteiger partial charge in [-0.1, -0.05) is 49.6 Å². The van der Waals surface area contributed by atoms with Crippen LogP contribution in [-0.4, -0.2) is 18.2 Å². The maximum Gasteiger partial charge on any atom is 0.102 e. The molecule has 0 saturated heterocycles. The van der Waals surface area contributed by atoms with Crippen LogP contribution >= 0.6 is 0 Å². The van der Waals surface area contributed by atoms with Crippen LogP contribution in [0.1, 0.15) is 44.6 Å². The smallest absolute Gasteiger partial charge is 0.102 e. The minimum atomic E-state index is -0.794. The van der Waals surface area contributed by atoms with Gasteiger partial charge in [-0.2, -0.15) is 0 Å². The second-order valence-corrected chi connectivity index (χ2v) is 5.68. The second-order valence-electron chi connectivity index (χ2n) is 5.68. The molecule has 2 nitrogen and oxygen atoms in total. The van der Waals surface area contributed by atoms with Gasteiger partial charge in [0.2, 0.25) is 0 Å². The van der Waals surface area contributed by atoms with E-state index in [1.54, 1.807) is 0 Å². The Hall–Kier alpha value is -0.860. The summed E-state index contributed by atoms with van der Waals surface area (Å²) in [6.07, 6.45) is 6.41. The molecule has 1 aromatic rings. The van der Waals surface area contributed by atoms with Crippen molar-refractivity contribution < 1.29 is 5.11 Å². The van der Waals surface area contributed by atoms with Crippen molar-refractivity contribution >= 4 is 0 Å². The van der Waals surface area contributed by atoms with Crippen molar-refractivity contribution in [1.29, 1.82) is 0 Å². The van der Waals surface area contributed by atoms with Gasteiger partial charge in [0.1, 0.15) is 5.60 Å². The van der Waals surface area contributed by atoms with E-state index >= 15 is 0 Å². The summed E-state index contributed by atoms with van der Waals surface area (Å²) in [6, 6.07) is 10.2. The van der Waals surface area contributed by atoms with Crippen molar-refractivity contribution in [3.8, 4) is 0 Å². The summed E-state index contributed by atoms with van der Waals surface area (Å²) < 4.78 is 0. The van der Waals surface area contributed by atoms with Crippen LogP contribution in [0.25, 0.3) is 0 Å². The van der Waals surface area contributed by atoms with E-state index in [0.717, 1.165) is 5.56 Å². The Balaban J connectivity index is 2.19. The summed E-state index contributed by atoms with van der Waals surface area (Å²) in [4.78, 5) is 0. The van der Waals surface area contributed by atoms with Crippen LogP contribution in [0.2, 0.25) is 0 Å². The standard InChI is InChI=1S/C16H25NO/c1-16(18,14-11-7-4-8-12-14)15(17-2)13-9-5-3-6-10-13/h4,7-8,11-13,15,17-18H,3,5-6,9-10H2,1-2H3. The number of hydrogen-bond acceptors (Lipinski definition) is 2. The molecule has 1 saturated carbocycles. The van der Waals surface area contributed by atoms with Crippen molar-refractivity contribution in [3.05, 3.63) is 35.9 Å². The van der Waals surface area contributed by atoms with E-state index in [1.807, 2.05) is 44.3 Å². The lowest BCUT2D eigenvalue weighted by Gasteiger charge is -2.40. The Morgan fingerprint density at radius 2 is 1.78 bits per heavy atom. The van der Waals surface area contributed by atoms with Gasteiger partial charge in [-0.25, -0.2) is 0 Å². The van der Waals surface area contributed by atoms with E-state index in [-0.39, 0.29) is 6.04 Å². The van der Waals surface area contributed by atoms with Crippen molar-refractivity contribution in [1.82, 2.24) is 5.32 Å². The molecular weight excluding hydrogens is 222 g/mol. The lowest BCUT2D eigenvalue weighted by molar-refractivity contribution is -0.0113. The maximum absolute atomic E-state index is 10.9. The Labute approximate surface area is 110 Å². The predicted octanol–water partition coefficient (Wildman–Crippen LogP) is 3.06. The molecule has 2 N–H and O–H groups in total. The second kappa shape index (κ2) is 5.85. The lowest BCUT2D eigenvalue weighted by Crippen LogP contribution is -2.50. The van der Waals surface area contributed by atoms with Crippen LogP contribution in [0.4, 0.5) is 0 Å². The molecule has 1 aliphatic carbocycles. The first-order chi connectivity index (χ1) is 8.66. The molecule has 18 heavy (non-hydrogen) atoms. The van der Waals surface area contributed by atoms with Crippen LogP contribution in [0.15, 0.2) is 30.3 Å². The molecule has 1 fully saturated rings. The maximum atomic E-state index is 10.9. The molecule has 2 atom stereocenters. The monoisotopic (exact) mass is 247 g/mol. The molecule has 1 aromatic carbocycles. The Morgan fingerprint density at radius 1 is 1.17 bits per heavy atom.